The van der Waals surface area contributed by atoms with Crippen molar-refractivity contribution >= 4 is 23.4 Å². The Morgan fingerprint density at radius 3 is 2.34 bits per heavy atom. The number of amides is 2. The van der Waals surface area contributed by atoms with Crippen molar-refractivity contribution in [1.82, 2.24) is 10.6 Å². The molecular weight excluding hydrogens is 449 g/mol. The topological polar surface area (TPSA) is 91.6 Å². The van der Waals surface area contributed by atoms with Crippen molar-refractivity contribution in [3.63, 3.8) is 0 Å². The van der Waals surface area contributed by atoms with Crippen LogP contribution in [0.15, 0.2) is 71.1 Å². The highest BCUT2D eigenvalue weighted by molar-refractivity contribution is 6.33. The molecule has 1 aliphatic heterocycles. The van der Waals surface area contributed by atoms with Crippen molar-refractivity contribution in [2.45, 2.75) is 17.9 Å². The zero-order chi connectivity index (χ0) is 23.1. The molecule has 0 aliphatic carbocycles. The van der Waals surface area contributed by atoms with Gasteiger partial charge < -0.3 is 20.2 Å². The third-order valence-electron chi connectivity index (χ3n) is 5.22. The van der Waals surface area contributed by atoms with Gasteiger partial charge in [-0.25, -0.2) is 4.79 Å². The van der Waals surface area contributed by atoms with Crippen LogP contribution in [-0.2, 0) is 0 Å². The van der Waals surface area contributed by atoms with Crippen LogP contribution in [0.4, 0.5) is 18.0 Å². The predicted molar refractivity (Wildman–Crippen MR) is 109 cm³/mol. The van der Waals surface area contributed by atoms with Gasteiger partial charge in [-0.05, 0) is 24.3 Å². The van der Waals surface area contributed by atoms with E-state index in [4.69, 9.17) is 16.0 Å². The quantitative estimate of drug-likeness (QED) is 0.488. The van der Waals surface area contributed by atoms with Gasteiger partial charge in [0, 0.05) is 11.1 Å². The maximum atomic E-state index is 13.9. The second-order valence-electron chi connectivity index (χ2n) is 7.23. The van der Waals surface area contributed by atoms with Crippen LogP contribution in [0.25, 0.3) is 11.3 Å². The van der Waals surface area contributed by atoms with Crippen molar-refractivity contribution in [3.05, 3.63) is 83.1 Å². The SMILES string of the molecule is O=C1N[C@@H](c2ccc(-c3ccccc3Cl)o2)[C@H](C(=O)c2ccccc2)[C@](O)(C(F)(F)F)N1. The summed E-state index contributed by atoms with van der Waals surface area (Å²) >= 11 is 6.16. The lowest BCUT2D eigenvalue weighted by atomic mass is 9.79. The van der Waals surface area contributed by atoms with Gasteiger partial charge >= 0.3 is 12.2 Å². The molecular formula is C22H16ClF3N2O4. The summed E-state index contributed by atoms with van der Waals surface area (Å²) in [5.74, 6) is -3.13. The van der Waals surface area contributed by atoms with Gasteiger partial charge in [-0.2, -0.15) is 13.2 Å². The minimum absolute atomic E-state index is 0.0685. The van der Waals surface area contributed by atoms with Crippen molar-refractivity contribution < 1.29 is 32.3 Å². The van der Waals surface area contributed by atoms with Gasteiger partial charge in [0.1, 0.15) is 23.5 Å². The summed E-state index contributed by atoms with van der Waals surface area (Å²) < 4.78 is 47.5. The second kappa shape index (κ2) is 7.99. The number of furan rings is 1. The van der Waals surface area contributed by atoms with Crippen molar-refractivity contribution in [2.75, 3.05) is 0 Å². The zero-order valence-corrected chi connectivity index (χ0v) is 16.9. The number of nitrogens with one attached hydrogen (secondary N) is 2. The number of rotatable bonds is 4. The molecule has 0 unspecified atom stereocenters. The average molecular weight is 465 g/mol. The molecule has 3 N–H and O–H groups in total. The number of hydrogen-bond donors (Lipinski definition) is 3. The molecule has 1 aliphatic rings. The number of carbonyl (C=O) groups is 2. The standard InChI is InChI=1S/C22H16ClF3N2O4/c23-14-9-5-4-8-13(14)15-10-11-16(32-15)18-17(19(29)12-6-2-1-3-7-12)21(31,22(24,25)26)28-20(30)27-18/h1-11,17-18,31H,(H2,27,28,30)/t17-,18+,21+/m1/s1. The molecule has 10 heteroatoms. The van der Waals surface area contributed by atoms with E-state index in [1.54, 1.807) is 30.3 Å². The smallest absolute Gasteiger partial charge is 0.437 e. The van der Waals surface area contributed by atoms with E-state index in [2.05, 4.69) is 5.32 Å². The van der Waals surface area contributed by atoms with Crippen LogP contribution >= 0.6 is 11.6 Å². The van der Waals surface area contributed by atoms with Crippen LogP contribution in [-0.4, -0.2) is 28.8 Å². The fraction of sp³-hybridized carbons (Fsp3) is 0.182. The number of Topliss-reactive ketones (excluding diaryl/α,β-unsaturated/α-hetero) is 1. The Morgan fingerprint density at radius 1 is 1.03 bits per heavy atom. The van der Waals surface area contributed by atoms with E-state index in [1.807, 2.05) is 0 Å². The zero-order valence-electron chi connectivity index (χ0n) is 16.2. The number of alkyl halides is 3. The van der Waals surface area contributed by atoms with Gasteiger partial charge in [-0.3, -0.25) is 4.79 Å². The van der Waals surface area contributed by atoms with E-state index in [9.17, 15) is 27.9 Å². The summed E-state index contributed by atoms with van der Waals surface area (Å²) in [6.07, 6.45) is -5.35. The molecule has 3 atom stereocenters. The minimum atomic E-state index is -5.35. The van der Waals surface area contributed by atoms with E-state index >= 15 is 0 Å². The molecule has 2 amide bonds. The van der Waals surface area contributed by atoms with Gasteiger partial charge in [-0.1, -0.05) is 54.1 Å². The monoisotopic (exact) mass is 464 g/mol. The molecule has 4 rings (SSSR count). The van der Waals surface area contributed by atoms with E-state index in [1.165, 1.54) is 41.7 Å². The molecule has 0 bridgehead atoms. The maximum Gasteiger partial charge on any atom is 0.437 e. The Balaban J connectivity index is 1.82. The lowest BCUT2D eigenvalue weighted by molar-refractivity contribution is -0.288. The molecule has 3 aromatic rings. The fourth-order valence-electron chi connectivity index (χ4n) is 3.68. The van der Waals surface area contributed by atoms with E-state index in [0.717, 1.165) is 0 Å². The van der Waals surface area contributed by atoms with Crippen LogP contribution in [0.2, 0.25) is 5.02 Å². The average Bonchev–Trinajstić information content (AvgIpc) is 3.23. The minimum Gasteiger partial charge on any atom is -0.459 e. The molecule has 166 valence electrons. The van der Waals surface area contributed by atoms with E-state index in [-0.39, 0.29) is 17.1 Å². The molecule has 2 aromatic carbocycles. The number of hydrogen-bond acceptors (Lipinski definition) is 4. The summed E-state index contributed by atoms with van der Waals surface area (Å²) in [5.41, 5.74) is -3.43. The number of halogens is 4. The summed E-state index contributed by atoms with van der Waals surface area (Å²) in [6.45, 7) is 0. The third-order valence-corrected chi connectivity index (χ3v) is 5.55. The summed E-state index contributed by atoms with van der Waals surface area (Å²) in [4.78, 5) is 25.3. The highest BCUT2D eigenvalue weighted by Crippen LogP contribution is 2.45. The fourth-order valence-corrected chi connectivity index (χ4v) is 3.91. The Kier molecular flexibility index (Phi) is 5.47. The van der Waals surface area contributed by atoms with Crippen LogP contribution in [0, 0.1) is 5.92 Å². The highest BCUT2D eigenvalue weighted by atomic mass is 35.5. The van der Waals surface area contributed by atoms with Gasteiger partial charge in [0.25, 0.3) is 0 Å². The number of carbonyl (C=O) groups excluding carboxylic acids is 2. The van der Waals surface area contributed by atoms with Gasteiger partial charge in [0.15, 0.2) is 5.78 Å². The molecule has 0 spiro atoms. The first-order chi connectivity index (χ1) is 15.1. The van der Waals surface area contributed by atoms with Crippen molar-refractivity contribution in [2.24, 2.45) is 5.92 Å². The van der Waals surface area contributed by atoms with Gasteiger partial charge in [0.05, 0.1) is 5.02 Å². The lowest BCUT2D eigenvalue weighted by Gasteiger charge is -2.44. The Bertz CT molecular complexity index is 1170. The number of urea groups is 1. The Hall–Kier alpha value is -3.30. The molecule has 0 saturated carbocycles. The Morgan fingerprint density at radius 2 is 1.69 bits per heavy atom. The second-order valence-corrected chi connectivity index (χ2v) is 7.64. The van der Waals surface area contributed by atoms with Crippen LogP contribution in [0.5, 0.6) is 0 Å². The predicted octanol–water partition coefficient (Wildman–Crippen LogP) is 4.70. The van der Waals surface area contributed by atoms with Crippen LogP contribution < -0.4 is 10.6 Å². The number of aliphatic hydroxyl groups is 1. The number of ketones is 1. The normalized spacial score (nSPS) is 23.3. The molecule has 1 fully saturated rings. The van der Waals surface area contributed by atoms with Crippen molar-refractivity contribution in [1.29, 1.82) is 0 Å². The Labute approximate surface area is 185 Å². The summed E-state index contributed by atoms with van der Waals surface area (Å²) in [7, 11) is 0. The van der Waals surface area contributed by atoms with Gasteiger partial charge in [0.2, 0.25) is 5.72 Å². The van der Waals surface area contributed by atoms with E-state index in [0.29, 0.717) is 10.6 Å². The first-order valence-electron chi connectivity index (χ1n) is 9.43. The third kappa shape index (κ3) is 3.74. The molecule has 6 nitrogen and oxygen atoms in total. The van der Waals surface area contributed by atoms with Crippen LogP contribution in [0.3, 0.4) is 0 Å². The molecule has 1 saturated heterocycles. The first kappa shape index (κ1) is 21.9. The first-order valence-corrected chi connectivity index (χ1v) is 9.81. The van der Waals surface area contributed by atoms with Crippen LogP contribution in [0.1, 0.15) is 22.2 Å². The highest BCUT2D eigenvalue weighted by Gasteiger charge is 2.66. The largest absolute Gasteiger partial charge is 0.459 e. The number of benzene rings is 2. The molecule has 2 heterocycles. The van der Waals surface area contributed by atoms with Gasteiger partial charge in [-0.15, -0.1) is 0 Å². The van der Waals surface area contributed by atoms with Crippen molar-refractivity contribution in [3.8, 4) is 11.3 Å². The van der Waals surface area contributed by atoms with E-state index < -0.39 is 35.7 Å². The molecule has 0 radical (unpaired) electrons. The molecule has 32 heavy (non-hydrogen) atoms. The molecule has 1 aromatic heterocycles. The lowest BCUT2D eigenvalue weighted by Crippen LogP contribution is -2.72. The summed E-state index contributed by atoms with van der Waals surface area (Å²) in [5, 5.41) is 14.7. The maximum absolute atomic E-state index is 13.9. The summed E-state index contributed by atoms with van der Waals surface area (Å²) in [6, 6.07) is 13.7.